The van der Waals surface area contributed by atoms with Crippen molar-refractivity contribution in [3.8, 4) is 0 Å². The van der Waals surface area contributed by atoms with Crippen LogP contribution < -0.4 is 0 Å². The minimum absolute atomic E-state index is 0.389. The Morgan fingerprint density at radius 1 is 1.33 bits per heavy atom. The molecular weight excluding hydrogens is 132 g/mol. The van der Waals surface area contributed by atoms with Crippen molar-refractivity contribution in [3.05, 3.63) is 0 Å². The van der Waals surface area contributed by atoms with E-state index in [0.717, 1.165) is 13.1 Å². The van der Waals surface area contributed by atoms with Gasteiger partial charge in [0, 0.05) is 18.5 Å². The first-order valence-electron chi connectivity index (χ1n) is 3.11. The van der Waals surface area contributed by atoms with Gasteiger partial charge in [-0.1, -0.05) is 12.2 Å². The van der Waals surface area contributed by atoms with Crippen molar-refractivity contribution in [2.75, 3.05) is 27.2 Å². The van der Waals surface area contributed by atoms with E-state index in [1.807, 2.05) is 5.37 Å². The highest BCUT2D eigenvalue weighted by Crippen LogP contribution is 2.06. The summed E-state index contributed by atoms with van der Waals surface area (Å²) in [6, 6.07) is 0. The molecule has 1 aliphatic heterocycles. The lowest BCUT2D eigenvalue weighted by Gasteiger charge is -2.19. The number of hydrogen-bond acceptors (Lipinski definition) is 3. The van der Waals surface area contributed by atoms with Crippen LogP contribution in [0.15, 0.2) is 0 Å². The van der Waals surface area contributed by atoms with Gasteiger partial charge >= 0.3 is 0 Å². The zero-order valence-corrected chi connectivity index (χ0v) is 6.69. The fourth-order valence-electron chi connectivity index (χ4n) is 1.12. The summed E-state index contributed by atoms with van der Waals surface area (Å²) in [7, 11) is 4.19. The quantitative estimate of drug-likeness (QED) is 0.485. The summed E-state index contributed by atoms with van der Waals surface area (Å²) in [6.45, 7) is 2.27. The van der Waals surface area contributed by atoms with Gasteiger partial charge in [-0.3, -0.25) is 9.80 Å². The lowest BCUT2D eigenvalue weighted by Crippen LogP contribution is -2.34. The highest BCUT2D eigenvalue weighted by Gasteiger charge is 2.22. The SMILES string of the molecule is CN1CCN(C)C1C=S. The van der Waals surface area contributed by atoms with Crippen LogP contribution in [-0.4, -0.2) is 48.5 Å². The average molecular weight is 144 g/mol. The van der Waals surface area contributed by atoms with Gasteiger partial charge in [0.05, 0.1) is 6.17 Å². The van der Waals surface area contributed by atoms with Crippen LogP contribution in [-0.2, 0) is 0 Å². The zero-order valence-electron chi connectivity index (χ0n) is 5.87. The molecule has 0 aromatic rings. The van der Waals surface area contributed by atoms with Crippen molar-refractivity contribution in [2.24, 2.45) is 0 Å². The van der Waals surface area contributed by atoms with Gasteiger partial charge in [-0.2, -0.15) is 0 Å². The first-order chi connectivity index (χ1) is 4.25. The van der Waals surface area contributed by atoms with Crippen molar-refractivity contribution in [2.45, 2.75) is 6.17 Å². The summed E-state index contributed by atoms with van der Waals surface area (Å²) >= 11 is 4.86. The maximum Gasteiger partial charge on any atom is 0.0915 e. The molecule has 52 valence electrons. The second-order valence-electron chi connectivity index (χ2n) is 2.51. The second kappa shape index (κ2) is 2.73. The van der Waals surface area contributed by atoms with Gasteiger partial charge in [-0.25, -0.2) is 0 Å². The van der Waals surface area contributed by atoms with Crippen LogP contribution in [0, 0.1) is 0 Å². The van der Waals surface area contributed by atoms with E-state index in [0.29, 0.717) is 6.17 Å². The number of thiocarbonyl (C=S) groups is 1. The number of hydrogen-bond donors (Lipinski definition) is 0. The molecule has 9 heavy (non-hydrogen) atoms. The molecule has 0 saturated carbocycles. The van der Waals surface area contributed by atoms with Crippen LogP contribution in [0.2, 0.25) is 0 Å². The smallest absolute Gasteiger partial charge is 0.0915 e. The highest BCUT2D eigenvalue weighted by molar-refractivity contribution is 7.79. The van der Waals surface area contributed by atoms with Crippen molar-refractivity contribution in [1.82, 2.24) is 9.80 Å². The molecule has 0 amide bonds. The number of rotatable bonds is 1. The third kappa shape index (κ3) is 1.28. The van der Waals surface area contributed by atoms with Gasteiger partial charge < -0.3 is 0 Å². The summed E-state index contributed by atoms with van der Waals surface area (Å²) < 4.78 is 0. The van der Waals surface area contributed by atoms with E-state index in [2.05, 4.69) is 23.9 Å². The molecule has 0 radical (unpaired) electrons. The lowest BCUT2D eigenvalue weighted by molar-refractivity contribution is 0.264. The lowest BCUT2D eigenvalue weighted by atomic mass is 10.5. The maximum absolute atomic E-state index is 4.86. The van der Waals surface area contributed by atoms with Gasteiger partial charge in [0.25, 0.3) is 0 Å². The molecule has 1 fully saturated rings. The van der Waals surface area contributed by atoms with E-state index in [4.69, 9.17) is 12.2 Å². The Hall–Kier alpha value is 0.01000. The van der Waals surface area contributed by atoms with E-state index in [9.17, 15) is 0 Å². The van der Waals surface area contributed by atoms with E-state index >= 15 is 0 Å². The molecule has 0 unspecified atom stereocenters. The molecule has 0 spiro atoms. The Morgan fingerprint density at radius 3 is 2.00 bits per heavy atom. The van der Waals surface area contributed by atoms with Crippen LogP contribution >= 0.6 is 12.2 Å². The zero-order chi connectivity index (χ0) is 6.85. The van der Waals surface area contributed by atoms with Gasteiger partial charge in [0.2, 0.25) is 0 Å². The predicted molar refractivity (Wildman–Crippen MR) is 42.7 cm³/mol. The summed E-state index contributed by atoms with van der Waals surface area (Å²) in [5.74, 6) is 0. The third-order valence-electron chi connectivity index (χ3n) is 1.83. The van der Waals surface area contributed by atoms with Gasteiger partial charge in [-0.05, 0) is 14.1 Å². The molecule has 0 aromatic heterocycles. The first-order valence-corrected chi connectivity index (χ1v) is 3.58. The molecule has 1 rings (SSSR count). The van der Waals surface area contributed by atoms with Crippen molar-refractivity contribution in [3.63, 3.8) is 0 Å². The van der Waals surface area contributed by atoms with Crippen LogP contribution in [0.5, 0.6) is 0 Å². The van der Waals surface area contributed by atoms with Gasteiger partial charge in [0.15, 0.2) is 0 Å². The molecule has 0 N–H and O–H groups in total. The molecule has 1 heterocycles. The molecule has 1 saturated heterocycles. The second-order valence-corrected chi connectivity index (χ2v) is 2.78. The molecule has 1 aliphatic rings. The third-order valence-corrected chi connectivity index (χ3v) is 2.07. The largest absolute Gasteiger partial charge is 0.286 e. The summed E-state index contributed by atoms with van der Waals surface area (Å²) in [5, 5.41) is 1.81. The molecule has 2 nitrogen and oxygen atoms in total. The predicted octanol–water partition coefficient (Wildman–Crippen LogP) is 0.189. The van der Waals surface area contributed by atoms with Crippen LogP contribution in [0.4, 0.5) is 0 Å². The van der Waals surface area contributed by atoms with Gasteiger partial charge in [0.1, 0.15) is 0 Å². The number of likely N-dealkylation sites (N-methyl/N-ethyl adjacent to an activating group) is 2. The van der Waals surface area contributed by atoms with Crippen LogP contribution in [0.1, 0.15) is 0 Å². The average Bonchev–Trinajstić information content (AvgIpc) is 2.12. The molecule has 0 atom stereocenters. The number of nitrogens with zero attached hydrogens (tertiary/aromatic N) is 2. The highest BCUT2D eigenvalue weighted by atomic mass is 32.1. The molecule has 0 bridgehead atoms. The van der Waals surface area contributed by atoms with Crippen molar-refractivity contribution in [1.29, 1.82) is 0 Å². The standard InChI is InChI=1S/C6H12N2S/c1-7-3-4-8(2)6(7)5-9/h5-6H,3-4H2,1-2H3. The summed E-state index contributed by atoms with van der Waals surface area (Å²) in [4.78, 5) is 4.49. The first kappa shape index (κ1) is 7.12. The van der Waals surface area contributed by atoms with E-state index < -0.39 is 0 Å². The fourth-order valence-corrected chi connectivity index (χ4v) is 1.54. The fraction of sp³-hybridized carbons (Fsp3) is 0.833. The van der Waals surface area contributed by atoms with Crippen molar-refractivity contribution >= 4 is 17.6 Å². The normalized spacial score (nSPS) is 25.1. The van der Waals surface area contributed by atoms with Crippen LogP contribution in [0.3, 0.4) is 0 Å². The minimum Gasteiger partial charge on any atom is -0.286 e. The van der Waals surface area contributed by atoms with Crippen molar-refractivity contribution < 1.29 is 0 Å². The Bertz CT molecular complexity index is 106. The molecule has 0 aromatic carbocycles. The molecular formula is C6H12N2S. The monoisotopic (exact) mass is 144 g/mol. The van der Waals surface area contributed by atoms with Crippen LogP contribution in [0.25, 0.3) is 0 Å². The summed E-state index contributed by atoms with van der Waals surface area (Å²) in [6.07, 6.45) is 0.389. The topological polar surface area (TPSA) is 6.48 Å². The summed E-state index contributed by atoms with van der Waals surface area (Å²) in [5.41, 5.74) is 0. The minimum atomic E-state index is 0.389. The van der Waals surface area contributed by atoms with Gasteiger partial charge in [-0.15, -0.1) is 0 Å². The molecule has 3 heteroatoms. The maximum atomic E-state index is 4.86. The van der Waals surface area contributed by atoms with E-state index in [1.54, 1.807) is 0 Å². The molecule has 0 aliphatic carbocycles. The Balaban J connectivity index is 2.54. The Morgan fingerprint density at radius 2 is 1.78 bits per heavy atom. The van der Waals surface area contributed by atoms with E-state index in [1.165, 1.54) is 0 Å². The Kier molecular flexibility index (Phi) is 2.16. The Labute approximate surface area is 61.4 Å². The van der Waals surface area contributed by atoms with E-state index in [-0.39, 0.29) is 0 Å².